The molecular formula is C15H24N2O2. The SMILES string of the molecule is COC(C)C(C)Nc1cc(C(=O)N(C)C)ccc1C. The zero-order chi connectivity index (χ0) is 14.6. The first kappa shape index (κ1) is 15.5. The van der Waals surface area contributed by atoms with Gasteiger partial charge in [0, 0.05) is 38.5 Å². The normalized spacial score (nSPS) is 13.8. The Bertz CT molecular complexity index is 444. The Morgan fingerprint density at radius 3 is 2.47 bits per heavy atom. The number of nitrogens with zero attached hydrogens (tertiary/aromatic N) is 1. The molecule has 0 fully saturated rings. The Labute approximate surface area is 115 Å². The molecule has 1 N–H and O–H groups in total. The van der Waals surface area contributed by atoms with Gasteiger partial charge in [0.05, 0.1) is 6.10 Å². The third-order valence-corrected chi connectivity index (χ3v) is 3.35. The Hall–Kier alpha value is -1.55. The van der Waals surface area contributed by atoms with Crippen LogP contribution in [0.4, 0.5) is 5.69 Å². The first-order chi connectivity index (χ1) is 8.86. The molecule has 0 aliphatic rings. The van der Waals surface area contributed by atoms with E-state index in [9.17, 15) is 4.79 Å². The monoisotopic (exact) mass is 264 g/mol. The predicted octanol–water partition coefficient (Wildman–Crippen LogP) is 2.53. The fraction of sp³-hybridized carbons (Fsp3) is 0.533. The molecule has 4 heteroatoms. The van der Waals surface area contributed by atoms with E-state index in [1.54, 1.807) is 26.1 Å². The number of carbonyl (C=O) groups excluding carboxylic acids is 1. The molecule has 0 aromatic heterocycles. The summed E-state index contributed by atoms with van der Waals surface area (Å²) < 4.78 is 5.30. The summed E-state index contributed by atoms with van der Waals surface area (Å²) in [7, 11) is 5.21. The Balaban J connectivity index is 2.95. The van der Waals surface area contributed by atoms with Gasteiger partial charge >= 0.3 is 0 Å². The molecule has 0 saturated carbocycles. The fourth-order valence-corrected chi connectivity index (χ4v) is 1.74. The van der Waals surface area contributed by atoms with Crippen molar-refractivity contribution < 1.29 is 9.53 Å². The van der Waals surface area contributed by atoms with Crippen LogP contribution in [0, 0.1) is 6.92 Å². The Morgan fingerprint density at radius 1 is 1.32 bits per heavy atom. The number of ether oxygens (including phenoxy) is 1. The number of hydrogen-bond acceptors (Lipinski definition) is 3. The molecule has 0 aliphatic carbocycles. The van der Waals surface area contributed by atoms with Gasteiger partial charge in [-0.1, -0.05) is 6.07 Å². The summed E-state index contributed by atoms with van der Waals surface area (Å²) in [6.07, 6.45) is 0.104. The smallest absolute Gasteiger partial charge is 0.253 e. The number of amides is 1. The minimum Gasteiger partial charge on any atom is -0.380 e. The van der Waals surface area contributed by atoms with Gasteiger partial charge in [0.2, 0.25) is 0 Å². The van der Waals surface area contributed by atoms with Crippen molar-refractivity contribution in [3.63, 3.8) is 0 Å². The first-order valence-electron chi connectivity index (χ1n) is 6.48. The highest BCUT2D eigenvalue weighted by Crippen LogP contribution is 2.19. The van der Waals surface area contributed by atoms with Crippen LogP contribution in [0.5, 0.6) is 0 Å². The predicted molar refractivity (Wildman–Crippen MR) is 78.8 cm³/mol. The minimum atomic E-state index is 0.00972. The third kappa shape index (κ3) is 3.96. The lowest BCUT2D eigenvalue weighted by Crippen LogP contribution is -2.30. The van der Waals surface area contributed by atoms with Crippen molar-refractivity contribution in [1.29, 1.82) is 0 Å². The average molecular weight is 264 g/mol. The molecule has 19 heavy (non-hydrogen) atoms. The van der Waals surface area contributed by atoms with Gasteiger partial charge in [0.1, 0.15) is 0 Å². The highest BCUT2D eigenvalue weighted by molar-refractivity contribution is 5.95. The van der Waals surface area contributed by atoms with E-state index < -0.39 is 0 Å². The molecule has 106 valence electrons. The van der Waals surface area contributed by atoms with E-state index in [1.165, 1.54) is 0 Å². The van der Waals surface area contributed by atoms with Gasteiger partial charge in [0.15, 0.2) is 0 Å². The Morgan fingerprint density at radius 2 is 1.95 bits per heavy atom. The number of benzene rings is 1. The summed E-state index contributed by atoms with van der Waals surface area (Å²) in [5.74, 6) is 0.00972. The lowest BCUT2D eigenvalue weighted by Gasteiger charge is -2.22. The second kappa shape index (κ2) is 6.57. The van der Waals surface area contributed by atoms with E-state index in [4.69, 9.17) is 4.74 Å². The molecule has 1 aromatic carbocycles. The van der Waals surface area contributed by atoms with Gasteiger partial charge in [0.25, 0.3) is 5.91 Å². The highest BCUT2D eigenvalue weighted by atomic mass is 16.5. The summed E-state index contributed by atoms with van der Waals surface area (Å²) in [4.78, 5) is 13.5. The van der Waals surface area contributed by atoms with Crippen LogP contribution in [0.2, 0.25) is 0 Å². The number of carbonyl (C=O) groups is 1. The van der Waals surface area contributed by atoms with Crippen LogP contribution in [0.15, 0.2) is 18.2 Å². The molecule has 0 spiro atoms. The van der Waals surface area contributed by atoms with Crippen molar-refractivity contribution >= 4 is 11.6 Å². The van der Waals surface area contributed by atoms with E-state index in [-0.39, 0.29) is 18.1 Å². The summed E-state index contributed by atoms with van der Waals surface area (Å²) in [6.45, 7) is 6.10. The summed E-state index contributed by atoms with van der Waals surface area (Å²) in [5.41, 5.74) is 2.78. The van der Waals surface area contributed by atoms with Crippen LogP contribution >= 0.6 is 0 Å². The maximum Gasteiger partial charge on any atom is 0.253 e. The molecule has 1 amide bonds. The quantitative estimate of drug-likeness (QED) is 0.888. The van der Waals surface area contributed by atoms with E-state index in [2.05, 4.69) is 12.2 Å². The number of hydrogen-bond donors (Lipinski definition) is 1. The molecule has 2 atom stereocenters. The second-order valence-corrected chi connectivity index (χ2v) is 5.10. The zero-order valence-corrected chi connectivity index (χ0v) is 12.7. The van der Waals surface area contributed by atoms with Crippen LogP contribution in [-0.4, -0.2) is 44.2 Å². The van der Waals surface area contributed by atoms with Gasteiger partial charge in [-0.3, -0.25) is 4.79 Å². The van der Waals surface area contributed by atoms with E-state index in [0.29, 0.717) is 5.56 Å². The van der Waals surface area contributed by atoms with Crippen molar-refractivity contribution in [3.8, 4) is 0 Å². The van der Waals surface area contributed by atoms with E-state index in [1.807, 2.05) is 32.0 Å². The van der Waals surface area contributed by atoms with E-state index in [0.717, 1.165) is 11.3 Å². The highest BCUT2D eigenvalue weighted by Gasteiger charge is 2.14. The summed E-state index contributed by atoms with van der Waals surface area (Å²) >= 11 is 0. The van der Waals surface area contributed by atoms with Gasteiger partial charge in [-0.15, -0.1) is 0 Å². The molecule has 0 aliphatic heterocycles. The van der Waals surface area contributed by atoms with Crippen LogP contribution < -0.4 is 5.32 Å². The second-order valence-electron chi connectivity index (χ2n) is 5.10. The minimum absolute atomic E-state index is 0.00972. The molecule has 0 radical (unpaired) electrons. The number of rotatable bonds is 5. The van der Waals surface area contributed by atoms with Gasteiger partial charge in [-0.05, 0) is 38.5 Å². The average Bonchev–Trinajstić information content (AvgIpc) is 2.39. The molecule has 0 saturated heterocycles. The van der Waals surface area contributed by atoms with Crippen molar-refractivity contribution in [3.05, 3.63) is 29.3 Å². The maximum atomic E-state index is 12.0. The van der Waals surface area contributed by atoms with Crippen molar-refractivity contribution in [2.45, 2.75) is 32.9 Å². The maximum absolute atomic E-state index is 12.0. The van der Waals surface area contributed by atoms with Crippen molar-refractivity contribution in [2.24, 2.45) is 0 Å². The van der Waals surface area contributed by atoms with Gasteiger partial charge in [-0.25, -0.2) is 0 Å². The molecule has 2 unspecified atom stereocenters. The number of nitrogens with one attached hydrogen (secondary N) is 1. The summed E-state index contributed by atoms with van der Waals surface area (Å²) in [6, 6.07) is 5.89. The van der Waals surface area contributed by atoms with Gasteiger partial charge < -0.3 is 15.0 Å². The summed E-state index contributed by atoms with van der Waals surface area (Å²) in [5, 5.41) is 3.40. The fourth-order valence-electron chi connectivity index (χ4n) is 1.74. The number of anilines is 1. The van der Waals surface area contributed by atoms with Crippen molar-refractivity contribution in [2.75, 3.05) is 26.5 Å². The molecule has 4 nitrogen and oxygen atoms in total. The lowest BCUT2D eigenvalue weighted by molar-refractivity contribution is 0.0827. The van der Waals surface area contributed by atoms with E-state index >= 15 is 0 Å². The molecule has 0 heterocycles. The van der Waals surface area contributed by atoms with Crippen LogP contribution in [0.3, 0.4) is 0 Å². The van der Waals surface area contributed by atoms with Crippen LogP contribution in [-0.2, 0) is 4.74 Å². The zero-order valence-electron chi connectivity index (χ0n) is 12.7. The first-order valence-corrected chi connectivity index (χ1v) is 6.48. The lowest BCUT2D eigenvalue weighted by atomic mass is 10.1. The van der Waals surface area contributed by atoms with Crippen LogP contribution in [0.1, 0.15) is 29.8 Å². The van der Waals surface area contributed by atoms with Gasteiger partial charge in [-0.2, -0.15) is 0 Å². The third-order valence-electron chi connectivity index (χ3n) is 3.35. The number of aryl methyl sites for hydroxylation is 1. The topological polar surface area (TPSA) is 41.6 Å². The van der Waals surface area contributed by atoms with Crippen LogP contribution in [0.25, 0.3) is 0 Å². The Kier molecular flexibility index (Phi) is 5.36. The standard InChI is InChI=1S/C15H24N2O2/c1-10-7-8-13(15(18)17(4)5)9-14(10)16-11(2)12(3)19-6/h7-9,11-12,16H,1-6H3. The molecular weight excluding hydrogens is 240 g/mol. The van der Waals surface area contributed by atoms with Crippen molar-refractivity contribution in [1.82, 2.24) is 4.90 Å². The molecule has 1 rings (SSSR count). The molecule has 0 bridgehead atoms. The number of methoxy groups -OCH3 is 1. The largest absolute Gasteiger partial charge is 0.380 e. The molecule has 1 aromatic rings.